The van der Waals surface area contributed by atoms with Crippen LogP contribution < -0.4 is 26.6 Å². The fourth-order valence-electron chi connectivity index (χ4n) is 7.79. The number of carbonyl (C=O) groups is 9. The lowest BCUT2D eigenvalue weighted by Crippen LogP contribution is -2.51. The van der Waals surface area contributed by atoms with E-state index in [1.165, 1.54) is 0 Å². The Labute approximate surface area is 418 Å². The largest absolute Gasteiger partial charge is 0.481 e. The molecule has 2 rings (SSSR count). The molecule has 1 fully saturated rings. The number of urea groups is 1. The number of carboxylic acids is 6. The van der Waals surface area contributed by atoms with Gasteiger partial charge in [0.25, 0.3) is 0 Å². The summed E-state index contributed by atoms with van der Waals surface area (Å²) >= 11 is 5.49. The number of anilines is 1. The number of amides is 3. The van der Waals surface area contributed by atoms with Gasteiger partial charge in [0, 0.05) is 109 Å². The van der Waals surface area contributed by atoms with Crippen LogP contribution in [0.2, 0.25) is 0 Å². The van der Waals surface area contributed by atoms with Crippen molar-refractivity contribution in [1.82, 2.24) is 40.9 Å². The monoisotopic (exact) mass is 1020 g/mol. The molecule has 398 valence electrons. The molecule has 0 radical (unpaired) electrons. The second-order valence-corrected chi connectivity index (χ2v) is 18.1. The number of carbonyl (C=O) groups excluding carboxylic acids is 3. The van der Waals surface area contributed by atoms with E-state index < -0.39 is 59.7 Å². The van der Waals surface area contributed by atoms with Gasteiger partial charge in [-0.1, -0.05) is 18.6 Å². The summed E-state index contributed by atoms with van der Waals surface area (Å²) in [6, 6.07) is 5.52. The number of rotatable bonds is 32. The molecular formula is C46H73N9O15S. The number of nitrogens with zero attached hydrogens (tertiary/aromatic N) is 4. The third-order valence-corrected chi connectivity index (χ3v) is 12.0. The molecule has 1 aromatic carbocycles. The molecule has 71 heavy (non-hydrogen) atoms. The van der Waals surface area contributed by atoms with Crippen molar-refractivity contribution in [2.45, 2.75) is 95.6 Å². The van der Waals surface area contributed by atoms with Crippen molar-refractivity contribution in [2.24, 2.45) is 5.92 Å². The van der Waals surface area contributed by atoms with E-state index in [1.54, 1.807) is 14.7 Å². The Morgan fingerprint density at radius 2 is 1.15 bits per heavy atom. The smallest absolute Gasteiger partial charge is 0.326 e. The standard InChI is InChI=1S/C46H73N9O15S/c1-52-20-21-53(29-40(61)62)22-23-54(30-41(63)64)24-25-55(31-42(65)66)28-35(52)26-32-11-14-34(15-12-32)50-46(71)49-18-5-2-3-8-36(56)27-33(13-16-39(59)60)43(67)47-17-6-4-9-37(44(68)69)51-45(70)48-19-7-10-38(57)58/h11-12,14-15,33,35,37H,2-10,13,16-31H2,1H3,(H,47,67)(H,57,58)(H,59,60)(H,61,62)(H,63,64)(H,65,66)(H,68,69)(H2,48,51,70)(H2,49,50,71)/t33-,35?,37+/m1/s1. The minimum Gasteiger partial charge on any atom is -0.481 e. The average Bonchev–Trinajstić information content (AvgIpc) is 3.28. The Morgan fingerprint density at radius 3 is 1.75 bits per heavy atom. The Morgan fingerprint density at radius 1 is 0.606 bits per heavy atom. The minimum absolute atomic E-state index is 0.0316. The first-order chi connectivity index (χ1) is 33.7. The number of thiocarbonyl (C=S) groups is 1. The van der Waals surface area contributed by atoms with Crippen molar-refractivity contribution in [1.29, 1.82) is 0 Å². The zero-order valence-electron chi connectivity index (χ0n) is 40.5. The average molecular weight is 1020 g/mol. The first kappa shape index (κ1) is 61.1. The molecule has 1 aliphatic rings. The summed E-state index contributed by atoms with van der Waals surface area (Å²) in [5, 5.41) is 70.1. The van der Waals surface area contributed by atoms with Gasteiger partial charge in [-0.2, -0.15) is 0 Å². The molecule has 24 nitrogen and oxygen atoms in total. The van der Waals surface area contributed by atoms with Crippen LogP contribution in [0.4, 0.5) is 10.5 Å². The molecule has 0 bridgehead atoms. The van der Waals surface area contributed by atoms with Crippen molar-refractivity contribution in [3.05, 3.63) is 29.8 Å². The predicted molar refractivity (Wildman–Crippen MR) is 263 cm³/mol. The Bertz CT molecular complexity index is 1910. The molecule has 3 amide bonds. The number of nitrogens with one attached hydrogen (secondary N) is 5. The fourth-order valence-corrected chi connectivity index (χ4v) is 8.01. The summed E-state index contributed by atoms with van der Waals surface area (Å²) in [4.78, 5) is 114. The Kier molecular flexibility index (Phi) is 29.5. The number of benzene rings is 1. The van der Waals surface area contributed by atoms with Crippen molar-refractivity contribution < 1.29 is 73.8 Å². The van der Waals surface area contributed by atoms with Gasteiger partial charge in [0.15, 0.2) is 5.11 Å². The van der Waals surface area contributed by atoms with Crippen LogP contribution in [0.1, 0.15) is 82.6 Å². The molecule has 1 heterocycles. The van der Waals surface area contributed by atoms with Crippen LogP contribution in [0.15, 0.2) is 24.3 Å². The van der Waals surface area contributed by atoms with Crippen molar-refractivity contribution in [2.75, 3.05) is 97.4 Å². The number of carboxylic acid groups (broad SMARTS) is 6. The zero-order chi connectivity index (χ0) is 52.7. The minimum atomic E-state index is -1.26. The highest BCUT2D eigenvalue weighted by molar-refractivity contribution is 7.80. The molecular weight excluding hydrogens is 951 g/mol. The van der Waals surface area contributed by atoms with Crippen LogP contribution in [-0.4, -0.2) is 213 Å². The van der Waals surface area contributed by atoms with Gasteiger partial charge >= 0.3 is 41.8 Å². The van der Waals surface area contributed by atoms with E-state index in [-0.39, 0.29) is 89.5 Å². The molecule has 0 aromatic heterocycles. The third kappa shape index (κ3) is 29.1. The van der Waals surface area contributed by atoms with Gasteiger partial charge in [-0.25, -0.2) is 9.59 Å². The summed E-state index contributed by atoms with van der Waals surface area (Å²) in [6.45, 7) is 2.62. The van der Waals surface area contributed by atoms with Gasteiger partial charge in [0.05, 0.1) is 19.6 Å². The maximum absolute atomic E-state index is 13.0. The van der Waals surface area contributed by atoms with Crippen molar-refractivity contribution >= 4 is 76.6 Å². The van der Waals surface area contributed by atoms with E-state index in [2.05, 4.69) is 31.5 Å². The van der Waals surface area contributed by atoms with Gasteiger partial charge in [-0.15, -0.1) is 0 Å². The topological polar surface area (TPSA) is 348 Å². The summed E-state index contributed by atoms with van der Waals surface area (Å²) in [6.07, 6.45) is 2.97. The summed E-state index contributed by atoms with van der Waals surface area (Å²) in [5.41, 5.74) is 1.70. The highest BCUT2D eigenvalue weighted by atomic mass is 32.1. The molecule has 1 unspecified atom stereocenters. The molecule has 1 aliphatic heterocycles. The van der Waals surface area contributed by atoms with Crippen molar-refractivity contribution in [3.63, 3.8) is 0 Å². The van der Waals surface area contributed by atoms with E-state index in [0.29, 0.717) is 96.0 Å². The second-order valence-electron chi connectivity index (χ2n) is 17.6. The van der Waals surface area contributed by atoms with Gasteiger partial charge in [0.1, 0.15) is 11.8 Å². The summed E-state index contributed by atoms with van der Waals surface area (Å²) in [7, 11) is 1.92. The number of likely N-dealkylation sites (N-methyl/N-ethyl adjacent to an activating group) is 1. The highest BCUT2D eigenvalue weighted by Gasteiger charge is 2.26. The maximum Gasteiger partial charge on any atom is 0.326 e. The molecule has 11 N–H and O–H groups in total. The summed E-state index contributed by atoms with van der Waals surface area (Å²) < 4.78 is 0. The van der Waals surface area contributed by atoms with Crippen LogP contribution in [0.5, 0.6) is 0 Å². The Balaban J connectivity index is 1.82. The number of ketones is 1. The maximum atomic E-state index is 13.0. The van der Waals surface area contributed by atoms with E-state index in [1.807, 2.05) is 31.3 Å². The zero-order valence-corrected chi connectivity index (χ0v) is 41.3. The van der Waals surface area contributed by atoms with Crippen LogP contribution in [0, 0.1) is 5.92 Å². The lowest BCUT2D eigenvalue weighted by Gasteiger charge is -2.36. The lowest BCUT2D eigenvalue weighted by molar-refractivity contribution is -0.140. The summed E-state index contributed by atoms with van der Waals surface area (Å²) in [5.74, 6) is -7.89. The normalized spacial score (nSPS) is 16.2. The van der Waals surface area contributed by atoms with Gasteiger partial charge < -0.3 is 62.1 Å². The molecule has 0 spiro atoms. The van der Waals surface area contributed by atoms with Crippen LogP contribution in [-0.2, 0) is 44.8 Å². The van der Waals surface area contributed by atoms with E-state index >= 15 is 0 Å². The number of hydrogen-bond donors (Lipinski definition) is 11. The van der Waals surface area contributed by atoms with Gasteiger partial charge in [-0.3, -0.25) is 48.3 Å². The first-order valence-electron chi connectivity index (χ1n) is 23.9. The second kappa shape index (κ2) is 34.3. The van der Waals surface area contributed by atoms with Crippen LogP contribution >= 0.6 is 12.2 Å². The van der Waals surface area contributed by atoms with E-state index in [9.17, 15) is 68.7 Å². The number of aliphatic carboxylic acids is 6. The fraction of sp³-hybridized carbons (Fsp3) is 0.652. The highest BCUT2D eigenvalue weighted by Crippen LogP contribution is 2.17. The number of hydrogen-bond acceptors (Lipinski definition) is 14. The SMILES string of the molecule is CN1CCN(CC(=O)O)CCN(CC(=O)O)CCN(CC(=O)O)CC1Cc1ccc(NC(=S)NCCCCCC(=O)C[C@@H](CCC(=O)O)C(=O)NCCCC[C@H](NC(=O)NCCCC(=O)O)C(=O)O)cc1. The number of Topliss-reactive ketones (excluding diaryl/α,β-unsaturated/α-hetero) is 1. The van der Waals surface area contributed by atoms with Gasteiger partial charge in [-0.05, 0) is 88.3 Å². The van der Waals surface area contributed by atoms with Crippen LogP contribution in [0.25, 0.3) is 0 Å². The van der Waals surface area contributed by atoms with Gasteiger partial charge in [0.2, 0.25) is 5.91 Å². The molecule has 1 saturated heterocycles. The number of unbranched alkanes of at least 4 members (excludes halogenated alkanes) is 3. The molecule has 3 atom stereocenters. The molecule has 0 saturated carbocycles. The van der Waals surface area contributed by atoms with Crippen LogP contribution in [0.3, 0.4) is 0 Å². The Hall–Kier alpha value is -6.02. The molecule has 1 aromatic rings. The van der Waals surface area contributed by atoms with Crippen molar-refractivity contribution in [3.8, 4) is 0 Å². The first-order valence-corrected chi connectivity index (χ1v) is 24.3. The molecule has 25 heteroatoms. The third-order valence-electron chi connectivity index (χ3n) is 11.7. The van der Waals surface area contributed by atoms with E-state index in [0.717, 1.165) is 11.3 Å². The predicted octanol–water partition coefficient (Wildman–Crippen LogP) is 0.894. The lowest BCUT2D eigenvalue weighted by atomic mass is 9.94. The van der Waals surface area contributed by atoms with E-state index in [4.69, 9.17) is 17.3 Å². The quantitative estimate of drug-likeness (QED) is 0.0353. The molecule has 0 aliphatic carbocycles.